The lowest BCUT2D eigenvalue weighted by Crippen LogP contribution is -2.04. The zero-order chi connectivity index (χ0) is 11.8. The lowest BCUT2D eigenvalue weighted by molar-refractivity contribution is -0.138. The molecular weight excluding hydrogens is 200 g/mol. The fourth-order valence-corrected chi connectivity index (χ4v) is 1.05. The highest BCUT2D eigenvalue weighted by Crippen LogP contribution is 1.97. The third kappa shape index (κ3) is 4.02. The van der Waals surface area contributed by atoms with E-state index in [2.05, 4.69) is 11.8 Å². The van der Waals surface area contributed by atoms with Gasteiger partial charge in [-0.05, 0) is 32.1 Å². The molecular formula is C14H14O2. The summed E-state index contributed by atoms with van der Waals surface area (Å²) in [5, 5.41) is 0. The first-order chi connectivity index (χ1) is 7.74. The molecule has 1 aromatic carbocycles. The average molecular weight is 214 g/mol. The van der Waals surface area contributed by atoms with Crippen molar-refractivity contribution >= 4 is 5.97 Å². The van der Waals surface area contributed by atoms with E-state index in [1.807, 2.05) is 30.3 Å². The average Bonchev–Trinajstić information content (AvgIpc) is 2.30. The lowest BCUT2D eigenvalue weighted by Gasteiger charge is -1.98. The van der Waals surface area contributed by atoms with Crippen LogP contribution in [0.15, 0.2) is 42.0 Å². The van der Waals surface area contributed by atoms with Gasteiger partial charge in [0.25, 0.3) is 0 Å². The Morgan fingerprint density at radius 3 is 2.69 bits per heavy atom. The number of carbonyl (C=O) groups is 1. The van der Waals surface area contributed by atoms with Crippen molar-refractivity contribution in [1.82, 2.24) is 0 Å². The van der Waals surface area contributed by atoms with Crippen LogP contribution in [0.4, 0.5) is 0 Å². The number of allylic oxidation sites excluding steroid dienone is 1. The van der Waals surface area contributed by atoms with E-state index in [1.165, 1.54) is 0 Å². The van der Waals surface area contributed by atoms with E-state index in [-0.39, 0.29) is 5.97 Å². The van der Waals surface area contributed by atoms with Crippen LogP contribution in [0.1, 0.15) is 19.4 Å². The summed E-state index contributed by atoms with van der Waals surface area (Å²) in [5.41, 5.74) is 1.45. The van der Waals surface area contributed by atoms with Gasteiger partial charge in [0.15, 0.2) is 0 Å². The summed E-state index contributed by atoms with van der Waals surface area (Å²) in [6.45, 7) is 3.86. The summed E-state index contributed by atoms with van der Waals surface area (Å²) < 4.78 is 4.83. The first kappa shape index (κ1) is 12.1. The number of carbonyl (C=O) groups excluding carboxylic acids is 1. The third-order valence-electron chi connectivity index (χ3n) is 1.88. The van der Waals surface area contributed by atoms with Gasteiger partial charge in [0.2, 0.25) is 0 Å². The molecule has 0 spiro atoms. The van der Waals surface area contributed by atoms with Crippen LogP contribution < -0.4 is 0 Å². The van der Waals surface area contributed by atoms with Crippen molar-refractivity contribution in [2.24, 2.45) is 0 Å². The molecule has 0 aliphatic heterocycles. The van der Waals surface area contributed by atoms with Gasteiger partial charge in [-0.1, -0.05) is 30.0 Å². The molecule has 0 saturated carbocycles. The SMILES string of the molecule is CCOC(=O)/C(C)=C\C#Cc1ccccc1. The number of esters is 1. The van der Waals surface area contributed by atoms with Crippen molar-refractivity contribution in [3.63, 3.8) is 0 Å². The topological polar surface area (TPSA) is 26.3 Å². The predicted molar refractivity (Wildman–Crippen MR) is 63.7 cm³/mol. The minimum atomic E-state index is -0.315. The third-order valence-corrected chi connectivity index (χ3v) is 1.88. The zero-order valence-electron chi connectivity index (χ0n) is 9.49. The number of hydrogen-bond donors (Lipinski definition) is 0. The van der Waals surface area contributed by atoms with Crippen LogP contribution in [0.25, 0.3) is 0 Å². The van der Waals surface area contributed by atoms with Gasteiger partial charge < -0.3 is 4.74 Å². The molecule has 0 bridgehead atoms. The van der Waals surface area contributed by atoms with Crippen molar-refractivity contribution in [1.29, 1.82) is 0 Å². The van der Waals surface area contributed by atoms with E-state index in [9.17, 15) is 4.79 Å². The Morgan fingerprint density at radius 2 is 2.06 bits per heavy atom. The number of rotatable bonds is 2. The number of hydrogen-bond acceptors (Lipinski definition) is 2. The van der Waals surface area contributed by atoms with Crippen LogP contribution in [0, 0.1) is 11.8 Å². The van der Waals surface area contributed by atoms with E-state index in [0.29, 0.717) is 12.2 Å². The molecule has 1 aromatic rings. The van der Waals surface area contributed by atoms with E-state index in [0.717, 1.165) is 5.56 Å². The van der Waals surface area contributed by atoms with E-state index >= 15 is 0 Å². The summed E-state index contributed by atoms with van der Waals surface area (Å²) in [4.78, 5) is 11.2. The first-order valence-corrected chi connectivity index (χ1v) is 5.14. The smallest absolute Gasteiger partial charge is 0.334 e. The van der Waals surface area contributed by atoms with Crippen LogP contribution in [0.5, 0.6) is 0 Å². The molecule has 2 nitrogen and oxygen atoms in total. The van der Waals surface area contributed by atoms with Crippen LogP contribution in [-0.2, 0) is 9.53 Å². The van der Waals surface area contributed by atoms with Gasteiger partial charge in [0, 0.05) is 11.1 Å². The van der Waals surface area contributed by atoms with E-state index in [4.69, 9.17) is 4.74 Å². The fourth-order valence-electron chi connectivity index (χ4n) is 1.05. The summed E-state index contributed by atoms with van der Waals surface area (Å²) in [5.74, 6) is 5.45. The molecule has 0 heterocycles. The second-order valence-electron chi connectivity index (χ2n) is 3.18. The molecule has 0 aliphatic rings. The van der Waals surface area contributed by atoms with Crippen molar-refractivity contribution in [2.45, 2.75) is 13.8 Å². The summed E-state index contributed by atoms with van der Waals surface area (Å²) in [6, 6.07) is 9.61. The highest BCUT2D eigenvalue weighted by atomic mass is 16.5. The van der Waals surface area contributed by atoms with Crippen LogP contribution in [0.2, 0.25) is 0 Å². The van der Waals surface area contributed by atoms with Crippen LogP contribution >= 0.6 is 0 Å². The molecule has 16 heavy (non-hydrogen) atoms. The fraction of sp³-hybridized carbons (Fsp3) is 0.214. The molecule has 0 amide bonds. The Morgan fingerprint density at radius 1 is 1.38 bits per heavy atom. The first-order valence-electron chi connectivity index (χ1n) is 5.14. The monoisotopic (exact) mass is 214 g/mol. The molecule has 0 saturated heterocycles. The molecule has 0 fully saturated rings. The van der Waals surface area contributed by atoms with Gasteiger partial charge >= 0.3 is 5.97 Å². The molecule has 1 rings (SSSR count). The largest absolute Gasteiger partial charge is 0.463 e. The molecule has 0 atom stereocenters. The standard InChI is InChI=1S/C14H14O2/c1-3-16-14(15)12(2)8-7-11-13-9-5-4-6-10-13/h4-6,8-10H,3H2,1-2H3/b12-8-. The lowest BCUT2D eigenvalue weighted by atomic mass is 10.2. The molecule has 0 aromatic heterocycles. The highest BCUT2D eigenvalue weighted by molar-refractivity contribution is 5.88. The predicted octanol–water partition coefficient (Wildman–Crippen LogP) is 2.55. The number of benzene rings is 1. The van der Waals surface area contributed by atoms with Crippen molar-refractivity contribution in [3.8, 4) is 11.8 Å². The van der Waals surface area contributed by atoms with Crippen molar-refractivity contribution < 1.29 is 9.53 Å². The highest BCUT2D eigenvalue weighted by Gasteiger charge is 2.01. The van der Waals surface area contributed by atoms with Gasteiger partial charge in [-0.3, -0.25) is 0 Å². The Kier molecular flexibility index (Phi) is 4.88. The molecule has 0 unspecified atom stereocenters. The minimum Gasteiger partial charge on any atom is -0.463 e. The maximum Gasteiger partial charge on any atom is 0.334 e. The Balaban J connectivity index is 2.66. The Labute approximate surface area is 95.9 Å². The van der Waals surface area contributed by atoms with Crippen LogP contribution in [0.3, 0.4) is 0 Å². The van der Waals surface area contributed by atoms with E-state index in [1.54, 1.807) is 19.9 Å². The van der Waals surface area contributed by atoms with Gasteiger partial charge in [-0.15, -0.1) is 0 Å². The summed E-state index contributed by atoms with van der Waals surface area (Å²) in [6.07, 6.45) is 1.57. The van der Waals surface area contributed by atoms with Gasteiger partial charge in [-0.2, -0.15) is 0 Å². The molecule has 0 N–H and O–H groups in total. The van der Waals surface area contributed by atoms with Gasteiger partial charge in [-0.25, -0.2) is 4.79 Å². The van der Waals surface area contributed by atoms with Gasteiger partial charge in [0.1, 0.15) is 0 Å². The van der Waals surface area contributed by atoms with E-state index < -0.39 is 0 Å². The summed E-state index contributed by atoms with van der Waals surface area (Å²) in [7, 11) is 0. The molecule has 82 valence electrons. The summed E-state index contributed by atoms with van der Waals surface area (Å²) >= 11 is 0. The maximum atomic E-state index is 11.2. The maximum absolute atomic E-state index is 11.2. The van der Waals surface area contributed by atoms with Crippen LogP contribution in [-0.4, -0.2) is 12.6 Å². The molecule has 2 heteroatoms. The van der Waals surface area contributed by atoms with Gasteiger partial charge in [0.05, 0.1) is 6.61 Å². The normalized spacial score (nSPS) is 10.2. The quantitative estimate of drug-likeness (QED) is 0.429. The second-order valence-corrected chi connectivity index (χ2v) is 3.18. The molecule has 0 aliphatic carbocycles. The Hall–Kier alpha value is -2.01. The second kappa shape index (κ2) is 6.47. The zero-order valence-corrected chi connectivity index (χ0v) is 9.49. The number of ether oxygens (including phenoxy) is 1. The van der Waals surface area contributed by atoms with Crippen molar-refractivity contribution in [2.75, 3.05) is 6.61 Å². The Bertz CT molecular complexity index is 433. The minimum absolute atomic E-state index is 0.315. The van der Waals surface area contributed by atoms with Crippen molar-refractivity contribution in [3.05, 3.63) is 47.5 Å². The molecule has 0 radical (unpaired) electrons.